The Balaban J connectivity index is -0.000000449. The van der Waals surface area contributed by atoms with E-state index in [9.17, 15) is 28.8 Å². The Morgan fingerprint density at radius 1 is 0.897 bits per heavy atom. The molecular weight excluding hydrogens is 504 g/mol. The molecule has 226 valence electrons. The molecule has 0 aromatic rings. The lowest BCUT2D eigenvalue weighted by molar-refractivity contribution is -0.139. The van der Waals surface area contributed by atoms with Gasteiger partial charge in [-0.1, -0.05) is 34.3 Å². The number of hydrogen-bond donors (Lipinski definition) is 4. The summed E-state index contributed by atoms with van der Waals surface area (Å²) >= 11 is 0. The first-order valence-electron chi connectivity index (χ1n) is 13.6. The maximum absolute atomic E-state index is 11.1. The molecule has 5 amide bonds. The molecule has 1 heterocycles. The summed E-state index contributed by atoms with van der Waals surface area (Å²) in [5.41, 5.74) is 0. The highest BCUT2D eigenvalue weighted by molar-refractivity contribution is 6.03. The van der Waals surface area contributed by atoms with Gasteiger partial charge < -0.3 is 25.9 Å². The number of rotatable bonds is 11. The summed E-state index contributed by atoms with van der Waals surface area (Å²) < 4.78 is 0. The van der Waals surface area contributed by atoms with Gasteiger partial charge in [0.2, 0.25) is 29.5 Å². The highest BCUT2D eigenvalue weighted by Gasteiger charge is 2.33. The van der Waals surface area contributed by atoms with Gasteiger partial charge in [-0.05, 0) is 34.6 Å². The number of ketones is 1. The fourth-order valence-electron chi connectivity index (χ4n) is 3.04. The minimum Gasteiger partial charge on any atom is -0.513 e. The first kappa shape index (κ1) is 40.3. The van der Waals surface area contributed by atoms with Gasteiger partial charge in [0.15, 0.2) is 0 Å². The molecule has 1 aliphatic rings. The Morgan fingerprint density at radius 3 is 1.67 bits per heavy atom. The molecule has 11 heteroatoms. The summed E-state index contributed by atoms with van der Waals surface area (Å²) in [5.74, 6) is -0.311. The molecule has 4 N–H and O–H groups in total. The van der Waals surface area contributed by atoms with Crippen LogP contribution in [0.1, 0.15) is 88.0 Å². The van der Waals surface area contributed by atoms with Crippen molar-refractivity contribution in [3.05, 3.63) is 12.3 Å². The van der Waals surface area contributed by atoms with E-state index in [1.165, 1.54) is 11.8 Å². The summed E-state index contributed by atoms with van der Waals surface area (Å²) in [5, 5.41) is 16.8. The number of carbonyl (C=O) groups excluding carboxylic acids is 6. The molecule has 1 rings (SSSR count). The van der Waals surface area contributed by atoms with Gasteiger partial charge in [0.25, 0.3) is 0 Å². The van der Waals surface area contributed by atoms with E-state index in [1.807, 2.05) is 34.6 Å². The molecule has 0 aliphatic carbocycles. The molecule has 0 aromatic carbocycles. The van der Waals surface area contributed by atoms with Crippen LogP contribution in [0.2, 0.25) is 0 Å². The lowest BCUT2D eigenvalue weighted by Gasteiger charge is -2.09. The van der Waals surface area contributed by atoms with Crippen molar-refractivity contribution in [2.24, 2.45) is 17.8 Å². The van der Waals surface area contributed by atoms with E-state index in [-0.39, 0.29) is 58.8 Å². The Morgan fingerprint density at radius 2 is 1.38 bits per heavy atom. The lowest BCUT2D eigenvalue weighted by Crippen LogP contribution is -2.29. The number of aliphatic hydroxyl groups excluding tert-OH is 1. The SMILES string of the molecule is C=C(O)C(C)CC(=O)NCC.CCN1C(=O)CC(C)C1=O.CCNC(=O)C(C)CC(C)=O.CCNC(=O)CC. The van der Waals surface area contributed by atoms with E-state index in [0.29, 0.717) is 45.3 Å². The molecule has 0 aromatic heterocycles. The average Bonchev–Trinajstić information content (AvgIpc) is 3.10. The molecule has 0 saturated carbocycles. The fourth-order valence-corrected chi connectivity index (χ4v) is 3.04. The van der Waals surface area contributed by atoms with Crippen molar-refractivity contribution in [1.29, 1.82) is 0 Å². The van der Waals surface area contributed by atoms with Crippen LogP contribution >= 0.6 is 0 Å². The van der Waals surface area contributed by atoms with E-state index in [4.69, 9.17) is 5.11 Å². The number of hydrogen-bond acceptors (Lipinski definition) is 7. The fraction of sp³-hybridized carbons (Fsp3) is 0.714. The Kier molecular flexibility index (Phi) is 24.6. The van der Waals surface area contributed by atoms with Gasteiger partial charge in [-0.25, -0.2) is 0 Å². The van der Waals surface area contributed by atoms with Crippen molar-refractivity contribution in [3.63, 3.8) is 0 Å². The third-order valence-electron chi connectivity index (χ3n) is 5.31. The summed E-state index contributed by atoms with van der Waals surface area (Å²) in [6.07, 6.45) is 1.63. The number of Topliss-reactive ketones (excluding diaryl/α,β-unsaturated/α-hetero) is 1. The summed E-state index contributed by atoms with van der Waals surface area (Å²) in [4.78, 5) is 66.1. The molecule has 11 nitrogen and oxygen atoms in total. The smallest absolute Gasteiger partial charge is 0.232 e. The lowest BCUT2D eigenvalue weighted by atomic mass is 10.1. The first-order valence-corrected chi connectivity index (χ1v) is 13.6. The maximum atomic E-state index is 11.1. The third-order valence-corrected chi connectivity index (χ3v) is 5.31. The van der Waals surface area contributed by atoms with Crippen LogP contribution in [0.5, 0.6) is 0 Å². The maximum Gasteiger partial charge on any atom is 0.232 e. The minimum absolute atomic E-state index is 0.0208. The van der Waals surface area contributed by atoms with Crippen molar-refractivity contribution < 1.29 is 33.9 Å². The van der Waals surface area contributed by atoms with Gasteiger partial charge in [0, 0.05) is 69.6 Å². The van der Waals surface area contributed by atoms with Crippen molar-refractivity contribution in [2.75, 3.05) is 26.2 Å². The average molecular weight is 557 g/mol. The highest BCUT2D eigenvalue weighted by Crippen LogP contribution is 2.17. The molecule has 1 saturated heterocycles. The van der Waals surface area contributed by atoms with Crippen molar-refractivity contribution in [3.8, 4) is 0 Å². The van der Waals surface area contributed by atoms with Crippen LogP contribution in [-0.4, -0.2) is 71.5 Å². The zero-order chi connectivity index (χ0) is 31.1. The standard InChI is InChI=1S/2C8H15NO2.C7H11NO2.C5H11NO/c1-4-9-8(11)5-6(2)7(3)10;1-4-9-8(11)6(2)5-7(3)10;1-3-8-6(9)4-5(2)7(8)10;1-3-5(7)6-4-2/h6,10H,3-5H2,1-2H3,(H,9,11);6H,4-5H2,1-3H3,(H,9,11);5H,3-4H2,1-2H3;3-4H2,1-2H3,(H,6,7). The van der Waals surface area contributed by atoms with Gasteiger partial charge >= 0.3 is 0 Å². The van der Waals surface area contributed by atoms with Crippen LogP contribution in [0.25, 0.3) is 0 Å². The molecule has 0 radical (unpaired) electrons. The summed E-state index contributed by atoms with van der Waals surface area (Å²) in [6.45, 7) is 21.9. The number of carbonyl (C=O) groups is 6. The normalized spacial score (nSPS) is 15.1. The third kappa shape index (κ3) is 21.4. The van der Waals surface area contributed by atoms with Crippen LogP contribution in [0.4, 0.5) is 0 Å². The number of allylic oxidation sites excluding steroid dienone is 1. The number of likely N-dealkylation sites (tertiary alicyclic amines) is 1. The zero-order valence-electron chi connectivity index (χ0n) is 25.4. The number of amides is 5. The zero-order valence-corrected chi connectivity index (χ0v) is 25.4. The summed E-state index contributed by atoms with van der Waals surface area (Å²) in [7, 11) is 0. The Bertz CT molecular complexity index is 799. The highest BCUT2D eigenvalue weighted by atomic mass is 16.3. The number of nitrogens with zero attached hydrogens (tertiary/aromatic N) is 1. The molecule has 39 heavy (non-hydrogen) atoms. The molecule has 1 fully saturated rings. The largest absolute Gasteiger partial charge is 0.513 e. The van der Waals surface area contributed by atoms with E-state index < -0.39 is 0 Å². The monoisotopic (exact) mass is 556 g/mol. The van der Waals surface area contributed by atoms with Gasteiger partial charge in [-0.2, -0.15) is 0 Å². The minimum atomic E-state index is -0.188. The number of aliphatic hydroxyl groups is 1. The van der Waals surface area contributed by atoms with Crippen LogP contribution in [-0.2, 0) is 28.8 Å². The number of imide groups is 1. The van der Waals surface area contributed by atoms with Crippen molar-refractivity contribution in [1.82, 2.24) is 20.9 Å². The molecule has 1 aliphatic heterocycles. The van der Waals surface area contributed by atoms with Crippen molar-refractivity contribution in [2.45, 2.75) is 88.0 Å². The molecule has 3 unspecified atom stereocenters. The van der Waals surface area contributed by atoms with Crippen LogP contribution in [0.3, 0.4) is 0 Å². The Hall–Kier alpha value is -3.24. The van der Waals surface area contributed by atoms with E-state index in [0.717, 1.165) is 6.54 Å². The van der Waals surface area contributed by atoms with E-state index in [1.54, 1.807) is 20.8 Å². The molecule has 3 atom stereocenters. The molecule has 0 spiro atoms. The van der Waals surface area contributed by atoms with Gasteiger partial charge in [-0.15, -0.1) is 0 Å². The number of nitrogens with one attached hydrogen (secondary N) is 3. The Labute approximate surface area is 234 Å². The van der Waals surface area contributed by atoms with Gasteiger partial charge in [0.05, 0.1) is 5.76 Å². The molecule has 0 bridgehead atoms. The van der Waals surface area contributed by atoms with Crippen LogP contribution < -0.4 is 16.0 Å². The van der Waals surface area contributed by atoms with Gasteiger partial charge in [0.1, 0.15) is 5.78 Å². The van der Waals surface area contributed by atoms with E-state index in [2.05, 4.69) is 22.5 Å². The van der Waals surface area contributed by atoms with Gasteiger partial charge in [-0.3, -0.25) is 28.9 Å². The van der Waals surface area contributed by atoms with Crippen LogP contribution in [0.15, 0.2) is 12.3 Å². The summed E-state index contributed by atoms with van der Waals surface area (Å²) in [6, 6.07) is 0. The predicted molar refractivity (Wildman–Crippen MR) is 153 cm³/mol. The topological polar surface area (TPSA) is 162 Å². The second kappa shape index (κ2) is 23.8. The second-order valence-corrected chi connectivity index (χ2v) is 9.14. The van der Waals surface area contributed by atoms with E-state index >= 15 is 0 Å². The first-order chi connectivity index (χ1) is 18.1. The quantitative estimate of drug-likeness (QED) is 0.225. The second-order valence-electron chi connectivity index (χ2n) is 9.14. The predicted octanol–water partition coefficient (Wildman–Crippen LogP) is 2.89. The molecular formula is C28H52N4O7. The van der Waals surface area contributed by atoms with Crippen LogP contribution in [0, 0.1) is 17.8 Å². The van der Waals surface area contributed by atoms with Crippen molar-refractivity contribution >= 4 is 35.3 Å².